The van der Waals surface area contributed by atoms with Crippen LogP contribution in [0.2, 0.25) is 0 Å². The number of ketones is 1. The Hall–Kier alpha value is -8.85. The fourth-order valence-corrected chi connectivity index (χ4v) is 27.7. The summed E-state index contributed by atoms with van der Waals surface area (Å²) in [5, 5.41) is 0. The lowest BCUT2D eigenvalue weighted by molar-refractivity contribution is -0.341. The van der Waals surface area contributed by atoms with E-state index in [2.05, 4.69) is 290 Å². The summed E-state index contributed by atoms with van der Waals surface area (Å²) in [5.74, 6) is -9.45. The van der Waals surface area contributed by atoms with E-state index >= 15 is 0 Å². The Morgan fingerprint density at radius 1 is 0.271 bits per heavy atom. The first-order valence-electron chi connectivity index (χ1n) is 46.3. The smallest absolute Gasteiger partial charge is 0.419 e. The minimum atomic E-state index is -4.54. The maximum atomic E-state index is 12.9. The number of esters is 3. The predicted octanol–water partition coefficient (Wildman–Crippen LogP) is 27.7. The van der Waals surface area contributed by atoms with Crippen molar-refractivity contribution in [3.05, 3.63) is 271 Å². The number of aryl methyl sites for hydroxylation is 3. The highest BCUT2D eigenvalue weighted by Gasteiger charge is 2.62. The monoisotopic (exact) mass is 1900 g/mol. The molecule has 12 bridgehead atoms. The number of halogens is 12. The van der Waals surface area contributed by atoms with Gasteiger partial charge in [-0.15, -0.1) is 0 Å². The third-order valence-electron chi connectivity index (χ3n) is 27.0. The van der Waals surface area contributed by atoms with Crippen LogP contribution in [-0.2, 0) is 80.3 Å². The minimum absolute atomic E-state index is 0.0146. The highest BCUT2D eigenvalue weighted by molar-refractivity contribution is 7.97. The fourth-order valence-electron chi connectivity index (χ4n) is 21.4. The van der Waals surface area contributed by atoms with Gasteiger partial charge in [-0.3, -0.25) is 19.2 Å². The first-order chi connectivity index (χ1) is 63.3. The average Bonchev–Trinajstić information content (AvgIpc) is 0.730. The molecule has 12 fully saturated rings. The molecule has 0 heterocycles. The van der Waals surface area contributed by atoms with Gasteiger partial charge in [0.05, 0.1) is 88.6 Å². The first kappa shape index (κ1) is 102. The summed E-state index contributed by atoms with van der Waals surface area (Å²) < 4.78 is 181. The van der Waals surface area contributed by atoms with Crippen LogP contribution < -0.4 is 0 Å². The number of hydrogen-bond donors (Lipinski definition) is 0. The van der Waals surface area contributed by atoms with Crippen LogP contribution in [0.25, 0.3) is 0 Å². The summed E-state index contributed by atoms with van der Waals surface area (Å²) in [5.41, 5.74) is 2.50. The standard InChI is InChI=1S/C21H21S.2C18H15S.C17H22F4O4.2C17H24F4O3/c1-16-4-10-19(11-5-16)22(20-12-6-17(2)7-13-20)21-14-8-18(3)9-15-21;2*1-4-10-16(11-5-1)19(17-12-6-2-7-13-17)18-14-8-3-9-15-18;1-15(18,19)17(20,21)25-4-2-3-24-14(23)16-7-10-5-11(8-16)13(22)12(6-10)9-16;2*1-15(18,19)17(20,21)24-4-2-3-23-14(22)16-8-11-5-12(9-16)7-13(6-11)10-16/h4-15H,1-3H3;2*1-15H;10-12H,2-9H2,1H3;2*11-13H,2-10H2,1H3/q3*+1;;;. The van der Waals surface area contributed by atoms with E-state index in [4.69, 9.17) is 14.2 Å². The fraction of sp³-hybridized carbons (Fsp3) is 0.463. The molecule has 0 saturated heterocycles. The predicted molar refractivity (Wildman–Crippen MR) is 492 cm³/mol. The topological polar surface area (TPSA) is 124 Å². The van der Waals surface area contributed by atoms with Crippen LogP contribution in [-0.4, -0.2) is 99.4 Å². The van der Waals surface area contributed by atoms with Gasteiger partial charge in [-0.1, -0.05) is 162 Å². The van der Waals surface area contributed by atoms with E-state index < -0.39 is 78.1 Å². The van der Waals surface area contributed by atoms with Crippen LogP contribution in [0.3, 0.4) is 0 Å². The van der Waals surface area contributed by atoms with Gasteiger partial charge in [0.2, 0.25) is 0 Å². The zero-order valence-corrected chi connectivity index (χ0v) is 78.6. The molecular formula is C108H121F12O10S3+3. The molecule has 0 spiro atoms. The molecule has 0 aliphatic heterocycles. The van der Waals surface area contributed by atoms with Crippen molar-refractivity contribution in [2.45, 2.75) is 250 Å². The third kappa shape index (κ3) is 26.3. The highest BCUT2D eigenvalue weighted by Crippen LogP contribution is 2.63. The summed E-state index contributed by atoms with van der Waals surface area (Å²) >= 11 is 0. The molecule has 0 N–H and O–H groups in total. The van der Waals surface area contributed by atoms with Crippen molar-refractivity contribution in [3.63, 3.8) is 0 Å². The van der Waals surface area contributed by atoms with E-state index in [1.54, 1.807) is 0 Å². The molecule has 21 rings (SSSR count). The number of rotatable bonds is 30. The van der Waals surface area contributed by atoms with Crippen molar-refractivity contribution >= 4 is 56.4 Å². The molecular weight excluding hydrogens is 1780 g/mol. The van der Waals surface area contributed by atoms with Crippen molar-refractivity contribution in [1.82, 2.24) is 0 Å². The van der Waals surface area contributed by atoms with Crippen molar-refractivity contribution in [1.29, 1.82) is 0 Å². The number of benzene rings is 9. The maximum absolute atomic E-state index is 12.9. The van der Waals surface area contributed by atoms with Crippen LogP contribution in [0.4, 0.5) is 52.7 Å². The summed E-state index contributed by atoms with van der Waals surface area (Å²) in [6.07, 6.45) is 2.20. The number of ether oxygens (including phenoxy) is 6. The van der Waals surface area contributed by atoms with Crippen molar-refractivity contribution in [3.8, 4) is 0 Å². The second kappa shape index (κ2) is 44.5. The Labute approximate surface area is 782 Å². The summed E-state index contributed by atoms with van der Waals surface area (Å²) in [6.45, 7) is 4.61. The Bertz CT molecular complexity index is 4600. The normalized spacial score (nSPS) is 24.0. The molecule has 0 radical (unpaired) electrons. The molecule has 12 aliphatic rings. The van der Waals surface area contributed by atoms with Crippen molar-refractivity contribution in [2.75, 3.05) is 39.6 Å². The lowest BCUT2D eigenvalue weighted by atomic mass is 9.49. The number of hydrogen-bond acceptors (Lipinski definition) is 10. The van der Waals surface area contributed by atoms with E-state index in [0.717, 1.165) is 51.4 Å². The van der Waals surface area contributed by atoms with Crippen LogP contribution in [0.1, 0.15) is 166 Å². The molecule has 10 nitrogen and oxygen atoms in total. The van der Waals surface area contributed by atoms with Gasteiger partial charge in [-0.05, 0) is 281 Å². The van der Waals surface area contributed by atoms with Gasteiger partial charge in [-0.2, -0.15) is 52.7 Å². The van der Waals surface area contributed by atoms with Crippen LogP contribution in [0.15, 0.2) is 299 Å². The molecule has 712 valence electrons. The second-order valence-electron chi connectivity index (χ2n) is 37.9. The summed E-state index contributed by atoms with van der Waals surface area (Å²) in [7, 11) is -0.0687. The molecule has 2 atom stereocenters. The van der Waals surface area contributed by atoms with E-state index in [0.29, 0.717) is 60.7 Å². The molecule has 133 heavy (non-hydrogen) atoms. The van der Waals surface area contributed by atoms with E-state index in [1.807, 2.05) is 0 Å². The number of carbonyl (C=O) groups excluding carboxylic acids is 4. The third-order valence-corrected chi connectivity index (χ3v) is 33.7. The first-order valence-corrected chi connectivity index (χ1v) is 49.9. The highest BCUT2D eigenvalue weighted by atomic mass is 32.2. The number of Topliss-reactive ketones (excluding diaryl/α,β-unsaturated/α-hetero) is 1. The largest absolute Gasteiger partial charge is 0.465 e. The molecule has 9 aromatic rings. The SMILES string of the molecule is CC(F)(F)C(F)(F)OCCCOC(=O)C12CC3CC(C1)C(=O)C(C3)C2.CC(F)(F)C(F)(F)OCCCOC(=O)C12CC3CC(CC(C3)C1)C2.CC(F)(F)C(F)(F)OCCCOC(=O)C12CC3CC(CC(C3)C1)C2.Cc1ccc([S+](c2ccc(C)cc2)c2ccc(C)cc2)cc1.c1ccc([S+](c2ccccc2)c2ccccc2)cc1.c1ccc([S+](c2ccccc2)c2ccccc2)cc1. The second-order valence-corrected chi connectivity index (χ2v) is 44.0. The molecule has 12 aliphatic carbocycles. The average molecular weight is 1900 g/mol. The van der Waals surface area contributed by atoms with Crippen molar-refractivity contribution in [2.24, 2.45) is 69.5 Å². The summed E-state index contributed by atoms with van der Waals surface area (Å²) in [6, 6.07) is 91.1. The van der Waals surface area contributed by atoms with E-state index in [1.165, 1.54) is 99.3 Å². The van der Waals surface area contributed by atoms with Crippen molar-refractivity contribution < 1.29 is 100 Å². The van der Waals surface area contributed by atoms with Crippen LogP contribution in [0.5, 0.6) is 0 Å². The van der Waals surface area contributed by atoms with Crippen LogP contribution in [0, 0.1) is 90.3 Å². The van der Waals surface area contributed by atoms with Gasteiger partial charge < -0.3 is 28.4 Å². The number of carbonyl (C=O) groups is 4. The van der Waals surface area contributed by atoms with Gasteiger partial charge in [0.15, 0.2) is 44.1 Å². The molecule has 9 aromatic carbocycles. The van der Waals surface area contributed by atoms with E-state index in [9.17, 15) is 71.9 Å². The Kier molecular flexibility index (Phi) is 34.0. The Balaban J connectivity index is 0.000000136. The van der Waals surface area contributed by atoms with Gasteiger partial charge in [0.25, 0.3) is 0 Å². The lowest BCUT2D eigenvalue weighted by Gasteiger charge is -2.55. The van der Waals surface area contributed by atoms with Gasteiger partial charge in [0, 0.05) is 51.9 Å². The number of alkyl halides is 12. The lowest BCUT2D eigenvalue weighted by Crippen LogP contribution is -2.54. The molecule has 25 heteroatoms. The maximum Gasteiger partial charge on any atom is 0.419 e. The zero-order chi connectivity index (χ0) is 95.0. The zero-order valence-electron chi connectivity index (χ0n) is 76.2. The molecule has 2 unspecified atom stereocenters. The van der Waals surface area contributed by atoms with Crippen LogP contribution >= 0.6 is 0 Å². The quantitative estimate of drug-likeness (QED) is 0.0141. The molecule has 0 amide bonds. The summed E-state index contributed by atoms with van der Waals surface area (Å²) in [4.78, 5) is 61.8. The molecule has 0 aromatic heterocycles. The van der Waals surface area contributed by atoms with Gasteiger partial charge in [0.1, 0.15) is 5.78 Å². The van der Waals surface area contributed by atoms with Gasteiger partial charge >= 0.3 is 54.0 Å². The van der Waals surface area contributed by atoms with Gasteiger partial charge in [-0.25, -0.2) is 0 Å². The Morgan fingerprint density at radius 2 is 0.451 bits per heavy atom. The molecule has 12 saturated carbocycles. The Morgan fingerprint density at radius 3 is 0.647 bits per heavy atom. The van der Waals surface area contributed by atoms with E-state index in [-0.39, 0.29) is 122 Å². The minimum Gasteiger partial charge on any atom is -0.465 e.